The molecule has 0 N–H and O–H groups in total. The van der Waals surface area contributed by atoms with Crippen molar-refractivity contribution < 1.29 is 14.3 Å². The third kappa shape index (κ3) is 2.65. The van der Waals surface area contributed by atoms with Gasteiger partial charge in [0.25, 0.3) is 0 Å². The molecule has 5 heteroatoms. The SMILES string of the molecule is C=C1SC(c2ccc3c(c2)OC=CO3)C(=O)N1CC(C)C. The molecular formula is C16H17NO3S. The third-order valence-corrected chi connectivity index (χ3v) is 4.51. The molecule has 0 aromatic heterocycles. The number of carbonyl (C=O) groups excluding carboxylic acids is 1. The van der Waals surface area contributed by atoms with Gasteiger partial charge in [-0.2, -0.15) is 0 Å². The molecule has 0 bridgehead atoms. The van der Waals surface area contributed by atoms with Crippen LogP contribution in [0.1, 0.15) is 24.7 Å². The zero-order chi connectivity index (χ0) is 15.0. The fourth-order valence-electron chi connectivity index (χ4n) is 2.36. The largest absolute Gasteiger partial charge is 0.458 e. The van der Waals surface area contributed by atoms with Gasteiger partial charge in [0, 0.05) is 6.54 Å². The van der Waals surface area contributed by atoms with Crippen LogP contribution in [0.4, 0.5) is 0 Å². The molecule has 0 saturated carbocycles. The van der Waals surface area contributed by atoms with Gasteiger partial charge in [0.15, 0.2) is 11.5 Å². The van der Waals surface area contributed by atoms with Crippen LogP contribution in [0, 0.1) is 5.92 Å². The van der Waals surface area contributed by atoms with Gasteiger partial charge >= 0.3 is 0 Å². The summed E-state index contributed by atoms with van der Waals surface area (Å²) in [7, 11) is 0. The summed E-state index contributed by atoms with van der Waals surface area (Å²) in [5, 5.41) is 0.560. The minimum Gasteiger partial charge on any atom is -0.458 e. The molecule has 2 aliphatic heterocycles. The Labute approximate surface area is 128 Å². The summed E-state index contributed by atoms with van der Waals surface area (Å²) >= 11 is 1.50. The Morgan fingerprint density at radius 2 is 2.00 bits per heavy atom. The van der Waals surface area contributed by atoms with Gasteiger partial charge in [-0.15, -0.1) is 0 Å². The lowest BCUT2D eigenvalue weighted by Gasteiger charge is -2.19. The Morgan fingerprint density at radius 1 is 1.29 bits per heavy atom. The van der Waals surface area contributed by atoms with Crippen molar-refractivity contribution in [1.82, 2.24) is 4.90 Å². The molecule has 0 aliphatic carbocycles. The van der Waals surface area contributed by atoms with Gasteiger partial charge in [-0.3, -0.25) is 4.79 Å². The molecule has 110 valence electrons. The van der Waals surface area contributed by atoms with E-state index in [1.807, 2.05) is 18.2 Å². The minimum absolute atomic E-state index is 0.0888. The Balaban J connectivity index is 1.85. The van der Waals surface area contributed by atoms with Crippen molar-refractivity contribution in [2.75, 3.05) is 6.54 Å². The number of hydrogen-bond donors (Lipinski definition) is 0. The molecule has 2 aliphatic rings. The van der Waals surface area contributed by atoms with Gasteiger partial charge < -0.3 is 14.4 Å². The van der Waals surface area contributed by atoms with Gasteiger partial charge in [0.2, 0.25) is 5.91 Å². The van der Waals surface area contributed by atoms with E-state index in [0.717, 1.165) is 10.6 Å². The molecule has 1 atom stereocenters. The van der Waals surface area contributed by atoms with E-state index in [1.165, 1.54) is 24.3 Å². The molecular weight excluding hydrogens is 286 g/mol. The van der Waals surface area contributed by atoms with Gasteiger partial charge in [-0.25, -0.2) is 0 Å². The van der Waals surface area contributed by atoms with E-state index in [0.29, 0.717) is 24.0 Å². The number of amides is 1. The lowest BCUT2D eigenvalue weighted by molar-refractivity contribution is -0.127. The van der Waals surface area contributed by atoms with E-state index in [9.17, 15) is 4.79 Å². The van der Waals surface area contributed by atoms with E-state index >= 15 is 0 Å². The van der Waals surface area contributed by atoms with Crippen molar-refractivity contribution in [3.05, 3.63) is 47.9 Å². The molecule has 1 aromatic carbocycles. The summed E-state index contributed by atoms with van der Waals surface area (Å²) in [6.45, 7) is 8.89. The van der Waals surface area contributed by atoms with Crippen LogP contribution in [0.3, 0.4) is 0 Å². The molecule has 0 radical (unpaired) electrons. The topological polar surface area (TPSA) is 38.8 Å². The Bertz CT molecular complexity index is 624. The first-order valence-corrected chi connectivity index (χ1v) is 7.73. The van der Waals surface area contributed by atoms with Crippen LogP contribution in [-0.2, 0) is 4.79 Å². The Kier molecular flexibility index (Phi) is 3.68. The van der Waals surface area contributed by atoms with Crippen molar-refractivity contribution in [3.63, 3.8) is 0 Å². The number of ether oxygens (including phenoxy) is 2. The Hall–Kier alpha value is -1.88. The number of nitrogens with zero attached hydrogens (tertiary/aromatic N) is 1. The van der Waals surface area contributed by atoms with Crippen LogP contribution < -0.4 is 9.47 Å². The first-order chi connectivity index (χ1) is 10.1. The van der Waals surface area contributed by atoms with Gasteiger partial charge in [-0.05, 0) is 23.6 Å². The summed E-state index contributed by atoms with van der Waals surface area (Å²) < 4.78 is 10.8. The quantitative estimate of drug-likeness (QED) is 0.854. The fraction of sp³-hybridized carbons (Fsp3) is 0.312. The number of rotatable bonds is 3. The molecule has 1 saturated heterocycles. The zero-order valence-corrected chi connectivity index (χ0v) is 12.9. The highest BCUT2D eigenvalue weighted by molar-refractivity contribution is 8.04. The van der Waals surface area contributed by atoms with E-state index in [2.05, 4.69) is 20.4 Å². The standard InChI is InChI=1S/C16H17NO3S/c1-10(2)9-17-11(3)21-15(16(17)18)12-4-5-13-14(8-12)20-7-6-19-13/h4-8,10,15H,3,9H2,1-2H3. The highest BCUT2D eigenvalue weighted by Gasteiger charge is 2.37. The molecule has 21 heavy (non-hydrogen) atoms. The van der Waals surface area contributed by atoms with Crippen molar-refractivity contribution in [3.8, 4) is 11.5 Å². The van der Waals surface area contributed by atoms with Gasteiger partial charge in [-0.1, -0.05) is 38.3 Å². The molecule has 1 aromatic rings. The highest BCUT2D eigenvalue weighted by atomic mass is 32.2. The molecule has 4 nitrogen and oxygen atoms in total. The van der Waals surface area contributed by atoms with Crippen molar-refractivity contribution in [2.45, 2.75) is 19.1 Å². The smallest absolute Gasteiger partial charge is 0.245 e. The fourth-order valence-corrected chi connectivity index (χ4v) is 3.44. The summed E-state index contributed by atoms with van der Waals surface area (Å²) in [5.74, 6) is 1.80. The van der Waals surface area contributed by atoms with Gasteiger partial charge in [0.05, 0.1) is 5.03 Å². The van der Waals surface area contributed by atoms with Crippen LogP contribution >= 0.6 is 11.8 Å². The summed E-state index contributed by atoms with van der Waals surface area (Å²) in [5.41, 5.74) is 0.912. The maximum Gasteiger partial charge on any atom is 0.245 e. The molecule has 3 rings (SSSR count). The maximum atomic E-state index is 12.6. The summed E-state index contributed by atoms with van der Waals surface area (Å²) in [4.78, 5) is 14.4. The number of carbonyl (C=O) groups is 1. The lowest BCUT2D eigenvalue weighted by Crippen LogP contribution is -2.29. The second-order valence-electron chi connectivity index (χ2n) is 5.45. The number of benzene rings is 1. The van der Waals surface area contributed by atoms with E-state index < -0.39 is 0 Å². The number of hydrogen-bond acceptors (Lipinski definition) is 4. The Morgan fingerprint density at radius 3 is 2.71 bits per heavy atom. The lowest BCUT2D eigenvalue weighted by atomic mass is 10.1. The number of thioether (sulfide) groups is 1. The van der Waals surface area contributed by atoms with Crippen molar-refractivity contribution in [2.24, 2.45) is 5.92 Å². The van der Waals surface area contributed by atoms with E-state index in [1.54, 1.807) is 4.90 Å². The summed E-state index contributed by atoms with van der Waals surface area (Å²) in [6, 6.07) is 5.60. The first-order valence-electron chi connectivity index (χ1n) is 6.85. The predicted molar refractivity (Wildman–Crippen MR) is 82.9 cm³/mol. The van der Waals surface area contributed by atoms with Crippen molar-refractivity contribution in [1.29, 1.82) is 0 Å². The monoisotopic (exact) mass is 303 g/mol. The second-order valence-corrected chi connectivity index (χ2v) is 6.63. The van der Waals surface area contributed by atoms with Crippen LogP contribution in [0.15, 0.2) is 42.3 Å². The normalized spacial score (nSPS) is 20.5. The molecule has 1 unspecified atom stereocenters. The van der Waals surface area contributed by atoms with Crippen LogP contribution in [0.2, 0.25) is 0 Å². The molecule has 2 heterocycles. The number of fused-ring (bicyclic) bond motifs is 1. The van der Waals surface area contributed by atoms with Gasteiger partial charge in [0.1, 0.15) is 17.8 Å². The molecule has 0 spiro atoms. The first kappa shape index (κ1) is 14.1. The average Bonchev–Trinajstić information content (AvgIpc) is 2.74. The van der Waals surface area contributed by atoms with Crippen LogP contribution in [-0.4, -0.2) is 17.4 Å². The average molecular weight is 303 g/mol. The maximum absolute atomic E-state index is 12.6. The van der Waals surface area contributed by atoms with Crippen LogP contribution in [0.5, 0.6) is 11.5 Å². The van der Waals surface area contributed by atoms with E-state index in [4.69, 9.17) is 9.47 Å². The third-order valence-electron chi connectivity index (χ3n) is 3.31. The zero-order valence-electron chi connectivity index (χ0n) is 12.0. The van der Waals surface area contributed by atoms with E-state index in [-0.39, 0.29) is 11.2 Å². The summed E-state index contributed by atoms with van der Waals surface area (Å²) in [6.07, 6.45) is 2.98. The molecule has 1 amide bonds. The van der Waals surface area contributed by atoms with Crippen LogP contribution in [0.25, 0.3) is 0 Å². The highest BCUT2D eigenvalue weighted by Crippen LogP contribution is 2.46. The van der Waals surface area contributed by atoms with Crippen molar-refractivity contribution >= 4 is 17.7 Å². The predicted octanol–water partition coefficient (Wildman–Crippen LogP) is 3.67. The minimum atomic E-state index is -0.254. The molecule has 1 fully saturated rings. The second kappa shape index (κ2) is 5.48.